The number of rotatable bonds is 6. The standard InChI is InChI=1S/C15H23NO3/c1-3-4-11(2)16-10-13(17)12-5-6-14-15(9-12)19-8-7-18-14/h5-6,9,11,13,16-17H,3-4,7-8,10H2,1-2H3/t11-,13-/m0/s1. The van der Waals surface area contributed by atoms with Crippen LogP contribution in [0.4, 0.5) is 0 Å². The van der Waals surface area contributed by atoms with Crippen LogP contribution in [-0.4, -0.2) is 30.9 Å². The molecule has 19 heavy (non-hydrogen) atoms. The van der Waals surface area contributed by atoms with Gasteiger partial charge in [-0.15, -0.1) is 0 Å². The number of hydrogen-bond donors (Lipinski definition) is 2. The van der Waals surface area contributed by atoms with Crippen LogP contribution in [0.2, 0.25) is 0 Å². The fourth-order valence-electron chi connectivity index (χ4n) is 2.23. The average molecular weight is 265 g/mol. The Labute approximate surface area is 114 Å². The second-order valence-electron chi connectivity index (χ2n) is 5.02. The summed E-state index contributed by atoms with van der Waals surface area (Å²) in [4.78, 5) is 0. The fraction of sp³-hybridized carbons (Fsp3) is 0.600. The molecule has 0 saturated heterocycles. The van der Waals surface area contributed by atoms with E-state index in [9.17, 15) is 5.11 Å². The van der Waals surface area contributed by atoms with Gasteiger partial charge in [0.1, 0.15) is 13.2 Å². The topological polar surface area (TPSA) is 50.7 Å². The van der Waals surface area contributed by atoms with Gasteiger partial charge in [0.2, 0.25) is 0 Å². The van der Waals surface area contributed by atoms with Gasteiger partial charge in [0.15, 0.2) is 11.5 Å². The lowest BCUT2D eigenvalue weighted by Gasteiger charge is -2.21. The maximum Gasteiger partial charge on any atom is 0.161 e. The number of benzene rings is 1. The van der Waals surface area contributed by atoms with Gasteiger partial charge in [-0.25, -0.2) is 0 Å². The third-order valence-electron chi connectivity index (χ3n) is 3.33. The molecule has 0 spiro atoms. The smallest absolute Gasteiger partial charge is 0.161 e. The highest BCUT2D eigenvalue weighted by atomic mass is 16.6. The first-order chi connectivity index (χ1) is 9.20. The van der Waals surface area contributed by atoms with E-state index < -0.39 is 6.10 Å². The molecule has 1 aliphatic heterocycles. The van der Waals surface area contributed by atoms with Crippen molar-refractivity contribution in [2.75, 3.05) is 19.8 Å². The normalized spacial score (nSPS) is 17.0. The molecule has 4 heteroatoms. The summed E-state index contributed by atoms with van der Waals surface area (Å²) in [7, 11) is 0. The molecule has 2 rings (SSSR count). The predicted octanol–water partition coefficient (Wildman–Crippen LogP) is 2.27. The second kappa shape index (κ2) is 6.78. The molecule has 0 fully saturated rings. The molecular weight excluding hydrogens is 242 g/mol. The SMILES string of the molecule is CCC[C@H](C)NC[C@H](O)c1ccc2c(c1)OCCO2. The molecule has 0 bridgehead atoms. The van der Waals surface area contributed by atoms with E-state index in [1.165, 1.54) is 0 Å². The highest BCUT2D eigenvalue weighted by molar-refractivity contribution is 5.44. The van der Waals surface area contributed by atoms with Crippen LogP contribution in [0.1, 0.15) is 38.4 Å². The van der Waals surface area contributed by atoms with E-state index in [0.29, 0.717) is 25.8 Å². The van der Waals surface area contributed by atoms with Crippen molar-refractivity contribution in [2.24, 2.45) is 0 Å². The maximum absolute atomic E-state index is 10.2. The van der Waals surface area contributed by atoms with Gasteiger partial charge in [-0.1, -0.05) is 19.4 Å². The Morgan fingerprint density at radius 3 is 2.74 bits per heavy atom. The first-order valence-electron chi connectivity index (χ1n) is 7.01. The highest BCUT2D eigenvalue weighted by Gasteiger charge is 2.15. The van der Waals surface area contributed by atoms with Gasteiger partial charge >= 0.3 is 0 Å². The summed E-state index contributed by atoms with van der Waals surface area (Å²) in [5.41, 5.74) is 0.862. The zero-order chi connectivity index (χ0) is 13.7. The Bertz CT molecular complexity index is 408. The Hall–Kier alpha value is -1.26. The first kappa shape index (κ1) is 14.2. The largest absolute Gasteiger partial charge is 0.486 e. The zero-order valence-electron chi connectivity index (χ0n) is 11.7. The molecule has 0 radical (unpaired) electrons. The van der Waals surface area contributed by atoms with E-state index in [-0.39, 0.29) is 0 Å². The van der Waals surface area contributed by atoms with Crippen LogP contribution in [0.3, 0.4) is 0 Å². The van der Waals surface area contributed by atoms with E-state index in [4.69, 9.17) is 9.47 Å². The summed E-state index contributed by atoms with van der Waals surface area (Å²) in [6.45, 7) is 6.01. The zero-order valence-corrected chi connectivity index (χ0v) is 11.7. The molecule has 1 aromatic carbocycles. The molecule has 0 aliphatic carbocycles. The first-order valence-corrected chi connectivity index (χ1v) is 7.01. The van der Waals surface area contributed by atoms with Gasteiger partial charge in [-0.3, -0.25) is 0 Å². The van der Waals surface area contributed by atoms with Gasteiger partial charge in [0, 0.05) is 12.6 Å². The average Bonchev–Trinajstić information content (AvgIpc) is 2.44. The van der Waals surface area contributed by atoms with Crippen LogP contribution >= 0.6 is 0 Å². The molecule has 1 aliphatic rings. The minimum absolute atomic E-state index is 0.428. The minimum atomic E-state index is -0.518. The van der Waals surface area contributed by atoms with E-state index in [0.717, 1.165) is 29.9 Å². The van der Waals surface area contributed by atoms with Gasteiger partial charge in [0.05, 0.1) is 6.10 Å². The predicted molar refractivity (Wildman–Crippen MR) is 74.8 cm³/mol. The fourth-order valence-corrected chi connectivity index (χ4v) is 2.23. The third kappa shape index (κ3) is 3.85. The third-order valence-corrected chi connectivity index (χ3v) is 3.33. The second-order valence-corrected chi connectivity index (χ2v) is 5.02. The van der Waals surface area contributed by atoms with Crippen molar-refractivity contribution in [2.45, 2.75) is 38.8 Å². The number of hydrogen-bond acceptors (Lipinski definition) is 4. The monoisotopic (exact) mass is 265 g/mol. The van der Waals surface area contributed by atoms with Gasteiger partial charge in [-0.2, -0.15) is 0 Å². The number of aliphatic hydroxyl groups is 1. The quantitative estimate of drug-likeness (QED) is 0.828. The maximum atomic E-state index is 10.2. The van der Waals surface area contributed by atoms with Gasteiger partial charge < -0.3 is 19.9 Å². The van der Waals surface area contributed by atoms with Crippen molar-refractivity contribution >= 4 is 0 Å². The molecule has 1 aromatic rings. The van der Waals surface area contributed by atoms with E-state index >= 15 is 0 Å². The molecule has 0 aromatic heterocycles. The Morgan fingerprint density at radius 2 is 2.00 bits per heavy atom. The van der Waals surface area contributed by atoms with Gasteiger partial charge in [0.25, 0.3) is 0 Å². The van der Waals surface area contributed by atoms with Crippen LogP contribution in [0.25, 0.3) is 0 Å². The Morgan fingerprint density at radius 1 is 1.26 bits per heavy atom. The van der Waals surface area contributed by atoms with Crippen LogP contribution in [-0.2, 0) is 0 Å². The molecule has 1 heterocycles. The lowest BCUT2D eigenvalue weighted by Crippen LogP contribution is -2.30. The van der Waals surface area contributed by atoms with Crippen molar-refractivity contribution in [3.05, 3.63) is 23.8 Å². The summed E-state index contributed by atoms with van der Waals surface area (Å²) < 4.78 is 11.0. The molecule has 0 unspecified atom stereocenters. The Balaban J connectivity index is 1.93. The summed E-state index contributed by atoms with van der Waals surface area (Å²) in [6, 6.07) is 6.05. The van der Waals surface area contributed by atoms with Crippen LogP contribution in [0.5, 0.6) is 11.5 Å². The van der Waals surface area contributed by atoms with Crippen LogP contribution in [0, 0.1) is 0 Å². The summed E-state index contributed by atoms with van der Waals surface area (Å²) in [5, 5.41) is 13.5. The number of nitrogens with one attached hydrogen (secondary N) is 1. The van der Waals surface area contributed by atoms with Gasteiger partial charge in [-0.05, 0) is 31.0 Å². The summed E-state index contributed by atoms with van der Waals surface area (Å²) in [5.74, 6) is 1.49. The lowest BCUT2D eigenvalue weighted by atomic mass is 10.1. The number of fused-ring (bicyclic) bond motifs is 1. The van der Waals surface area contributed by atoms with Crippen molar-refractivity contribution in [3.63, 3.8) is 0 Å². The minimum Gasteiger partial charge on any atom is -0.486 e. The van der Waals surface area contributed by atoms with Crippen LogP contribution < -0.4 is 14.8 Å². The highest BCUT2D eigenvalue weighted by Crippen LogP contribution is 2.32. The molecule has 2 atom stereocenters. The molecule has 4 nitrogen and oxygen atoms in total. The molecular formula is C15H23NO3. The van der Waals surface area contributed by atoms with Crippen LogP contribution in [0.15, 0.2) is 18.2 Å². The van der Waals surface area contributed by atoms with Crippen molar-refractivity contribution in [3.8, 4) is 11.5 Å². The van der Waals surface area contributed by atoms with E-state index in [2.05, 4.69) is 19.2 Å². The summed E-state index contributed by atoms with van der Waals surface area (Å²) >= 11 is 0. The lowest BCUT2D eigenvalue weighted by molar-refractivity contribution is 0.161. The van der Waals surface area contributed by atoms with E-state index in [1.807, 2.05) is 18.2 Å². The van der Waals surface area contributed by atoms with Crippen molar-refractivity contribution in [1.82, 2.24) is 5.32 Å². The molecule has 0 saturated carbocycles. The van der Waals surface area contributed by atoms with Crippen molar-refractivity contribution < 1.29 is 14.6 Å². The summed E-state index contributed by atoms with van der Waals surface area (Å²) in [6.07, 6.45) is 1.75. The molecule has 106 valence electrons. The van der Waals surface area contributed by atoms with E-state index in [1.54, 1.807) is 0 Å². The Kier molecular flexibility index (Phi) is 5.05. The number of aliphatic hydroxyl groups excluding tert-OH is 1. The van der Waals surface area contributed by atoms with Crippen molar-refractivity contribution in [1.29, 1.82) is 0 Å². The number of ether oxygens (including phenoxy) is 2. The molecule has 2 N–H and O–H groups in total. The molecule has 0 amide bonds.